The van der Waals surface area contributed by atoms with Gasteiger partial charge < -0.3 is 14.8 Å². The molecular formula is C17H27NO2. The topological polar surface area (TPSA) is 30.5 Å². The van der Waals surface area contributed by atoms with Crippen LogP contribution >= 0.6 is 0 Å². The summed E-state index contributed by atoms with van der Waals surface area (Å²) in [6.45, 7) is 11.0. The van der Waals surface area contributed by atoms with Crippen LogP contribution in [-0.4, -0.2) is 20.3 Å². The first-order chi connectivity index (χ1) is 9.52. The summed E-state index contributed by atoms with van der Waals surface area (Å²) >= 11 is 0. The maximum absolute atomic E-state index is 5.71. The van der Waals surface area contributed by atoms with Gasteiger partial charge in [-0.15, -0.1) is 0 Å². The highest BCUT2D eigenvalue weighted by Crippen LogP contribution is 2.28. The first-order valence-corrected chi connectivity index (χ1v) is 7.16. The summed E-state index contributed by atoms with van der Waals surface area (Å²) in [6, 6.07) is 6.09. The molecule has 3 nitrogen and oxygen atoms in total. The van der Waals surface area contributed by atoms with Crippen LogP contribution in [0, 0.1) is 5.92 Å². The summed E-state index contributed by atoms with van der Waals surface area (Å²) in [4.78, 5) is 0. The van der Waals surface area contributed by atoms with Crippen LogP contribution in [-0.2, 0) is 6.54 Å². The Kier molecular flexibility index (Phi) is 7.16. The average molecular weight is 277 g/mol. The van der Waals surface area contributed by atoms with Crippen molar-refractivity contribution in [2.45, 2.75) is 34.2 Å². The van der Waals surface area contributed by atoms with Crippen molar-refractivity contribution in [2.24, 2.45) is 5.92 Å². The molecule has 1 aromatic rings. The van der Waals surface area contributed by atoms with Crippen molar-refractivity contribution in [1.29, 1.82) is 0 Å². The fraction of sp³-hybridized carbons (Fsp3) is 0.529. The van der Waals surface area contributed by atoms with Crippen LogP contribution in [0.2, 0.25) is 0 Å². The van der Waals surface area contributed by atoms with Crippen molar-refractivity contribution in [3.8, 4) is 11.5 Å². The first kappa shape index (κ1) is 16.6. The van der Waals surface area contributed by atoms with Crippen LogP contribution in [0.4, 0.5) is 0 Å². The van der Waals surface area contributed by atoms with E-state index in [9.17, 15) is 0 Å². The highest BCUT2D eigenvalue weighted by Gasteiger charge is 2.05. The Morgan fingerprint density at radius 1 is 1.25 bits per heavy atom. The van der Waals surface area contributed by atoms with E-state index >= 15 is 0 Å². The molecular weight excluding hydrogens is 250 g/mol. The zero-order chi connectivity index (χ0) is 15.0. The van der Waals surface area contributed by atoms with Crippen molar-refractivity contribution in [1.82, 2.24) is 5.32 Å². The molecule has 0 fully saturated rings. The van der Waals surface area contributed by atoms with Crippen molar-refractivity contribution >= 4 is 0 Å². The molecule has 0 radical (unpaired) electrons. The Morgan fingerprint density at radius 2 is 2.00 bits per heavy atom. The van der Waals surface area contributed by atoms with E-state index in [0.29, 0.717) is 12.5 Å². The van der Waals surface area contributed by atoms with E-state index in [1.54, 1.807) is 7.11 Å². The fourth-order valence-electron chi connectivity index (χ4n) is 1.74. The molecule has 0 spiro atoms. The van der Waals surface area contributed by atoms with Gasteiger partial charge in [-0.05, 0) is 50.1 Å². The molecule has 1 rings (SSSR count). The largest absolute Gasteiger partial charge is 0.493 e. The second kappa shape index (κ2) is 8.64. The molecule has 3 heteroatoms. The highest BCUT2D eigenvalue weighted by atomic mass is 16.5. The number of allylic oxidation sites excluding steroid dienone is 1. The minimum Gasteiger partial charge on any atom is -0.493 e. The number of ether oxygens (including phenoxy) is 2. The van der Waals surface area contributed by atoms with E-state index in [1.165, 1.54) is 11.1 Å². The van der Waals surface area contributed by atoms with Gasteiger partial charge in [-0.25, -0.2) is 0 Å². The molecule has 0 saturated heterocycles. The smallest absolute Gasteiger partial charge is 0.161 e. The third-order valence-corrected chi connectivity index (χ3v) is 2.84. The molecule has 0 aromatic heterocycles. The monoisotopic (exact) mass is 277 g/mol. The number of nitrogens with one attached hydrogen (secondary N) is 1. The lowest BCUT2D eigenvalue weighted by Gasteiger charge is -2.12. The quantitative estimate of drug-likeness (QED) is 0.733. The molecule has 0 bridgehead atoms. The fourth-order valence-corrected chi connectivity index (χ4v) is 1.74. The van der Waals surface area contributed by atoms with E-state index in [2.05, 4.69) is 45.2 Å². The number of rotatable bonds is 8. The molecule has 0 aliphatic heterocycles. The summed E-state index contributed by atoms with van der Waals surface area (Å²) in [5.74, 6) is 2.23. The second-order valence-electron chi connectivity index (χ2n) is 5.60. The third kappa shape index (κ3) is 6.11. The van der Waals surface area contributed by atoms with Crippen molar-refractivity contribution in [2.75, 3.05) is 20.3 Å². The predicted molar refractivity (Wildman–Crippen MR) is 84.5 cm³/mol. The molecule has 0 heterocycles. The molecule has 0 aliphatic rings. The summed E-state index contributed by atoms with van der Waals surface area (Å²) in [6.07, 6.45) is 2.05. The second-order valence-corrected chi connectivity index (χ2v) is 5.60. The van der Waals surface area contributed by atoms with Gasteiger partial charge in [-0.2, -0.15) is 0 Å². The number of hydrogen-bond donors (Lipinski definition) is 1. The van der Waals surface area contributed by atoms with Gasteiger partial charge in [0.2, 0.25) is 0 Å². The van der Waals surface area contributed by atoms with Gasteiger partial charge in [0.15, 0.2) is 11.5 Å². The predicted octanol–water partition coefficient (Wildman–Crippen LogP) is 3.79. The molecule has 1 N–H and O–H groups in total. The summed E-state index contributed by atoms with van der Waals surface area (Å²) in [5, 5.41) is 3.42. The lowest BCUT2D eigenvalue weighted by atomic mass is 10.2. The molecule has 0 aliphatic carbocycles. The highest BCUT2D eigenvalue weighted by molar-refractivity contribution is 5.43. The Balaban J connectivity index is 2.62. The number of hydrogen-bond acceptors (Lipinski definition) is 3. The standard InChI is InChI=1S/C17H27NO2/c1-13(2)8-9-20-16-7-6-15(10-17(16)19-5)12-18-11-14(3)4/h6-8,10,14,18H,9,11-12H2,1-5H3. The van der Waals surface area contributed by atoms with Gasteiger partial charge >= 0.3 is 0 Å². The lowest BCUT2D eigenvalue weighted by molar-refractivity contribution is 0.325. The molecule has 20 heavy (non-hydrogen) atoms. The minimum absolute atomic E-state index is 0.573. The van der Waals surface area contributed by atoms with Crippen LogP contribution < -0.4 is 14.8 Å². The van der Waals surface area contributed by atoms with Gasteiger partial charge in [0.25, 0.3) is 0 Å². The van der Waals surface area contributed by atoms with Gasteiger partial charge in [0, 0.05) is 6.54 Å². The van der Waals surface area contributed by atoms with Crippen LogP contribution in [0.25, 0.3) is 0 Å². The molecule has 0 saturated carbocycles. The van der Waals surface area contributed by atoms with E-state index < -0.39 is 0 Å². The first-order valence-electron chi connectivity index (χ1n) is 7.16. The van der Waals surface area contributed by atoms with Gasteiger partial charge in [0.1, 0.15) is 6.61 Å². The number of methoxy groups -OCH3 is 1. The normalized spacial score (nSPS) is 10.5. The molecule has 112 valence electrons. The Bertz CT molecular complexity index is 435. The maximum Gasteiger partial charge on any atom is 0.161 e. The zero-order valence-corrected chi connectivity index (χ0v) is 13.3. The van der Waals surface area contributed by atoms with Gasteiger partial charge in [-0.3, -0.25) is 0 Å². The summed E-state index contributed by atoms with van der Waals surface area (Å²) in [5.41, 5.74) is 2.45. The van der Waals surface area contributed by atoms with E-state index in [-0.39, 0.29) is 0 Å². The van der Waals surface area contributed by atoms with E-state index in [4.69, 9.17) is 9.47 Å². The zero-order valence-electron chi connectivity index (χ0n) is 13.3. The summed E-state index contributed by atoms with van der Waals surface area (Å²) in [7, 11) is 1.68. The third-order valence-electron chi connectivity index (χ3n) is 2.84. The molecule has 0 atom stereocenters. The summed E-state index contributed by atoms with van der Waals surface area (Å²) < 4.78 is 11.1. The lowest BCUT2D eigenvalue weighted by Crippen LogP contribution is -2.18. The molecule has 1 aromatic carbocycles. The van der Waals surface area contributed by atoms with E-state index in [0.717, 1.165) is 24.6 Å². The molecule has 0 amide bonds. The average Bonchev–Trinajstić information content (AvgIpc) is 2.39. The minimum atomic E-state index is 0.573. The van der Waals surface area contributed by atoms with E-state index in [1.807, 2.05) is 12.1 Å². The Morgan fingerprint density at radius 3 is 2.60 bits per heavy atom. The SMILES string of the molecule is COc1cc(CNCC(C)C)ccc1OCC=C(C)C. The van der Waals surface area contributed by atoms with Gasteiger partial charge in [-0.1, -0.05) is 25.5 Å². The molecule has 0 unspecified atom stereocenters. The van der Waals surface area contributed by atoms with Gasteiger partial charge in [0.05, 0.1) is 7.11 Å². The van der Waals surface area contributed by atoms with Crippen LogP contribution in [0.15, 0.2) is 29.8 Å². The maximum atomic E-state index is 5.71. The van der Waals surface area contributed by atoms with Crippen LogP contribution in [0.1, 0.15) is 33.3 Å². The van der Waals surface area contributed by atoms with Crippen molar-refractivity contribution < 1.29 is 9.47 Å². The Labute approximate surface area is 123 Å². The number of benzene rings is 1. The van der Waals surface area contributed by atoms with Crippen LogP contribution in [0.3, 0.4) is 0 Å². The van der Waals surface area contributed by atoms with Crippen LogP contribution in [0.5, 0.6) is 11.5 Å². The van der Waals surface area contributed by atoms with Crippen molar-refractivity contribution in [3.63, 3.8) is 0 Å². The Hall–Kier alpha value is -1.48. The van der Waals surface area contributed by atoms with Crippen molar-refractivity contribution in [3.05, 3.63) is 35.4 Å².